The van der Waals surface area contributed by atoms with Gasteiger partial charge in [-0.3, -0.25) is 9.36 Å². The lowest BCUT2D eigenvalue weighted by Crippen LogP contribution is -2.18. The summed E-state index contributed by atoms with van der Waals surface area (Å²) < 4.78 is 12.7. The summed E-state index contributed by atoms with van der Waals surface area (Å²) in [6.07, 6.45) is 0. The van der Waals surface area contributed by atoms with E-state index in [0.29, 0.717) is 15.5 Å². The number of hydrogen-bond donors (Lipinski definition) is 0. The minimum Gasteiger partial charge on any atom is -0.493 e. The topological polar surface area (TPSA) is 40.5 Å². The Morgan fingerprint density at radius 3 is 2.31 bits per heavy atom. The molecule has 3 rings (SSSR count). The molecule has 0 spiro atoms. The van der Waals surface area contributed by atoms with E-state index in [1.165, 1.54) is 11.3 Å². The summed E-state index contributed by atoms with van der Waals surface area (Å²) in [5.41, 5.74) is 3.70. The molecule has 0 bridgehead atoms. The van der Waals surface area contributed by atoms with Crippen LogP contribution in [0.3, 0.4) is 0 Å². The van der Waals surface area contributed by atoms with Crippen molar-refractivity contribution in [1.82, 2.24) is 4.57 Å². The van der Waals surface area contributed by atoms with E-state index in [-0.39, 0.29) is 5.56 Å². The molecule has 0 saturated carbocycles. The molecular formula is C20H19NO3S2. The molecule has 6 heteroatoms. The molecule has 0 fully saturated rings. The number of ether oxygens (including phenoxy) is 2. The van der Waals surface area contributed by atoms with Gasteiger partial charge in [0.15, 0.2) is 15.5 Å². The molecule has 1 heterocycles. The molecule has 1 aromatic heterocycles. The van der Waals surface area contributed by atoms with Gasteiger partial charge in [-0.25, -0.2) is 0 Å². The van der Waals surface area contributed by atoms with Crippen LogP contribution in [0.15, 0.2) is 47.3 Å². The van der Waals surface area contributed by atoms with Crippen LogP contribution in [0, 0.1) is 17.8 Å². The van der Waals surface area contributed by atoms with Gasteiger partial charge in [0.25, 0.3) is 5.56 Å². The van der Waals surface area contributed by atoms with Gasteiger partial charge in [-0.1, -0.05) is 17.7 Å². The molecule has 0 N–H and O–H groups in total. The summed E-state index contributed by atoms with van der Waals surface area (Å²) in [7, 11) is 3.17. The number of rotatable bonds is 4. The fourth-order valence-electron chi connectivity index (χ4n) is 2.84. The summed E-state index contributed by atoms with van der Waals surface area (Å²) in [6, 6.07) is 13.1. The van der Waals surface area contributed by atoms with Crippen LogP contribution in [0.2, 0.25) is 0 Å². The standard InChI is InChI=1S/C20H19NO3S2/c1-12-5-7-15(13(2)9-12)21-19(22)11-18(26-20(21)25)14-6-8-16(23-3)17(10-14)24-4/h5-11H,1-4H3. The first kappa shape index (κ1) is 18.4. The minimum absolute atomic E-state index is 0.148. The highest BCUT2D eigenvalue weighted by Crippen LogP contribution is 2.33. The Balaban J connectivity index is 2.14. The number of methoxy groups -OCH3 is 2. The number of benzene rings is 2. The van der Waals surface area contributed by atoms with Crippen LogP contribution in [0.1, 0.15) is 11.1 Å². The number of aromatic nitrogens is 1. The third-order valence-corrected chi connectivity index (χ3v) is 5.48. The molecule has 0 radical (unpaired) electrons. The lowest BCUT2D eigenvalue weighted by molar-refractivity contribution is 0.355. The van der Waals surface area contributed by atoms with Crippen molar-refractivity contribution in [3.05, 3.63) is 67.9 Å². The van der Waals surface area contributed by atoms with Gasteiger partial charge in [0.1, 0.15) is 0 Å². The van der Waals surface area contributed by atoms with Crippen LogP contribution in [0.5, 0.6) is 11.5 Å². The number of nitrogens with zero attached hydrogens (tertiary/aromatic N) is 1. The summed E-state index contributed by atoms with van der Waals surface area (Å²) in [6.45, 7) is 4.01. The zero-order valence-electron chi connectivity index (χ0n) is 15.0. The summed E-state index contributed by atoms with van der Waals surface area (Å²) in [5.74, 6) is 1.25. The molecule has 134 valence electrons. The van der Waals surface area contributed by atoms with Crippen LogP contribution >= 0.6 is 23.6 Å². The Morgan fingerprint density at radius 2 is 1.69 bits per heavy atom. The first-order chi connectivity index (χ1) is 12.4. The maximum atomic E-state index is 12.8. The Morgan fingerprint density at radius 1 is 0.962 bits per heavy atom. The van der Waals surface area contributed by atoms with Crippen molar-refractivity contribution < 1.29 is 9.47 Å². The predicted molar refractivity (Wildman–Crippen MR) is 109 cm³/mol. The van der Waals surface area contributed by atoms with Gasteiger partial charge in [0.05, 0.1) is 19.9 Å². The molecule has 0 unspecified atom stereocenters. The molecule has 2 aromatic carbocycles. The van der Waals surface area contributed by atoms with Crippen molar-refractivity contribution in [2.75, 3.05) is 14.2 Å². The summed E-state index contributed by atoms with van der Waals surface area (Å²) in [4.78, 5) is 13.6. The molecule has 4 nitrogen and oxygen atoms in total. The minimum atomic E-state index is -0.148. The van der Waals surface area contributed by atoms with E-state index >= 15 is 0 Å². The van der Waals surface area contributed by atoms with Gasteiger partial charge >= 0.3 is 0 Å². The second kappa shape index (κ2) is 7.43. The molecule has 0 atom stereocenters. The summed E-state index contributed by atoms with van der Waals surface area (Å²) in [5, 5.41) is 0. The molecule has 0 saturated heterocycles. The molecular weight excluding hydrogens is 366 g/mol. The molecule has 0 aliphatic carbocycles. The van der Waals surface area contributed by atoms with Crippen LogP contribution < -0.4 is 15.0 Å². The maximum Gasteiger partial charge on any atom is 0.258 e. The SMILES string of the molecule is COc1ccc(-c2cc(=O)n(-c3ccc(C)cc3C)c(=S)s2)cc1OC. The van der Waals surface area contributed by atoms with Crippen molar-refractivity contribution in [3.8, 4) is 27.6 Å². The Labute approximate surface area is 161 Å². The average molecular weight is 386 g/mol. The smallest absolute Gasteiger partial charge is 0.258 e. The van der Waals surface area contributed by atoms with E-state index in [1.807, 2.05) is 50.2 Å². The van der Waals surface area contributed by atoms with Crippen LogP contribution in [0.25, 0.3) is 16.1 Å². The second-order valence-electron chi connectivity index (χ2n) is 5.91. The average Bonchev–Trinajstić information content (AvgIpc) is 2.62. The van der Waals surface area contributed by atoms with E-state index in [1.54, 1.807) is 24.9 Å². The van der Waals surface area contributed by atoms with Gasteiger partial charge in [-0.2, -0.15) is 0 Å². The highest BCUT2D eigenvalue weighted by Gasteiger charge is 2.11. The second-order valence-corrected chi connectivity index (χ2v) is 7.59. The molecule has 0 aliphatic rings. The van der Waals surface area contributed by atoms with E-state index < -0.39 is 0 Å². The number of hydrogen-bond acceptors (Lipinski definition) is 5. The van der Waals surface area contributed by atoms with Crippen LogP contribution in [-0.2, 0) is 0 Å². The van der Waals surface area contributed by atoms with E-state index in [2.05, 4.69) is 0 Å². The third-order valence-electron chi connectivity index (χ3n) is 4.12. The normalized spacial score (nSPS) is 10.6. The fourth-order valence-corrected chi connectivity index (χ4v) is 4.17. The van der Waals surface area contributed by atoms with Crippen molar-refractivity contribution >= 4 is 23.6 Å². The van der Waals surface area contributed by atoms with Gasteiger partial charge in [0.2, 0.25) is 0 Å². The predicted octanol–water partition coefficient (Wildman–Crippen LogP) is 4.93. The first-order valence-electron chi connectivity index (χ1n) is 8.02. The van der Waals surface area contributed by atoms with Crippen molar-refractivity contribution in [2.45, 2.75) is 13.8 Å². The van der Waals surface area contributed by atoms with Gasteiger partial charge in [-0.15, -0.1) is 11.3 Å². The van der Waals surface area contributed by atoms with Gasteiger partial charge in [0, 0.05) is 10.9 Å². The Hall–Kier alpha value is -2.44. The molecule has 0 aliphatic heterocycles. The van der Waals surface area contributed by atoms with E-state index in [4.69, 9.17) is 21.7 Å². The Kier molecular flexibility index (Phi) is 5.25. The van der Waals surface area contributed by atoms with Crippen LogP contribution in [0.4, 0.5) is 0 Å². The maximum absolute atomic E-state index is 12.8. The number of aryl methyl sites for hydroxylation is 2. The quantitative estimate of drug-likeness (QED) is 0.597. The lowest BCUT2D eigenvalue weighted by Gasteiger charge is -2.12. The van der Waals surface area contributed by atoms with Gasteiger partial charge < -0.3 is 9.47 Å². The highest BCUT2D eigenvalue weighted by molar-refractivity contribution is 7.73. The fraction of sp³-hybridized carbons (Fsp3) is 0.200. The van der Waals surface area contributed by atoms with E-state index in [0.717, 1.165) is 27.3 Å². The van der Waals surface area contributed by atoms with Crippen LogP contribution in [-0.4, -0.2) is 18.8 Å². The molecule has 3 aromatic rings. The third kappa shape index (κ3) is 3.43. The monoisotopic (exact) mass is 385 g/mol. The highest BCUT2D eigenvalue weighted by atomic mass is 32.1. The zero-order chi connectivity index (χ0) is 18.8. The molecule has 26 heavy (non-hydrogen) atoms. The lowest BCUT2D eigenvalue weighted by atomic mass is 10.1. The van der Waals surface area contributed by atoms with Gasteiger partial charge in [-0.05, 0) is 61.5 Å². The van der Waals surface area contributed by atoms with E-state index in [9.17, 15) is 4.79 Å². The largest absolute Gasteiger partial charge is 0.493 e. The zero-order valence-corrected chi connectivity index (χ0v) is 16.7. The summed E-state index contributed by atoms with van der Waals surface area (Å²) >= 11 is 6.93. The van der Waals surface area contributed by atoms with Crippen molar-refractivity contribution in [2.24, 2.45) is 0 Å². The molecule has 0 amide bonds. The van der Waals surface area contributed by atoms with Crippen molar-refractivity contribution in [1.29, 1.82) is 0 Å². The Bertz CT molecular complexity index is 1050. The first-order valence-corrected chi connectivity index (χ1v) is 9.24. The van der Waals surface area contributed by atoms with Crippen molar-refractivity contribution in [3.63, 3.8) is 0 Å².